The topological polar surface area (TPSA) is 38.7 Å². The summed E-state index contributed by atoms with van der Waals surface area (Å²) in [6.45, 7) is 5.39. The quantitative estimate of drug-likeness (QED) is 0.854. The first-order valence-corrected chi connectivity index (χ1v) is 8.11. The molecule has 18 heavy (non-hydrogen) atoms. The van der Waals surface area contributed by atoms with Crippen LogP contribution in [0.5, 0.6) is 0 Å². The predicted octanol–water partition coefficient (Wildman–Crippen LogP) is 2.32. The molecule has 3 atom stereocenters. The van der Waals surface area contributed by atoms with Gasteiger partial charge < -0.3 is 14.6 Å². The van der Waals surface area contributed by atoms with Gasteiger partial charge in [0.25, 0.3) is 0 Å². The second kappa shape index (κ2) is 5.70. The summed E-state index contributed by atoms with van der Waals surface area (Å²) in [7, 11) is 1.67. The molecule has 1 spiro atoms. The molecule has 2 saturated heterocycles. The van der Waals surface area contributed by atoms with Crippen molar-refractivity contribution in [2.24, 2.45) is 11.8 Å². The Labute approximate surface area is 115 Å². The Bertz CT molecular complexity index is 276. The van der Waals surface area contributed by atoms with Gasteiger partial charge in [-0.1, -0.05) is 13.8 Å². The highest BCUT2D eigenvalue weighted by molar-refractivity contribution is 7.99. The van der Waals surface area contributed by atoms with Crippen molar-refractivity contribution in [3.8, 4) is 0 Å². The summed E-state index contributed by atoms with van der Waals surface area (Å²) in [4.78, 5) is 0. The van der Waals surface area contributed by atoms with Crippen LogP contribution in [-0.4, -0.2) is 48.1 Å². The van der Waals surface area contributed by atoms with Gasteiger partial charge in [-0.3, -0.25) is 0 Å². The average molecular weight is 274 g/mol. The van der Waals surface area contributed by atoms with E-state index in [1.807, 2.05) is 11.8 Å². The second-order valence-corrected chi connectivity index (χ2v) is 7.21. The van der Waals surface area contributed by atoms with Crippen molar-refractivity contribution >= 4 is 11.8 Å². The Morgan fingerprint density at radius 2 is 2.33 bits per heavy atom. The van der Waals surface area contributed by atoms with E-state index in [-0.39, 0.29) is 11.5 Å². The van der Waals surface area contributed by atoms with Crippen molar-refractivity contribution in [1.82, 2.24) is 0 Å². The highest BCUT2D eigenvalue weighted by Gasteiger charge is 2.48. The van der Waals surface area contributed by atoms with Crippen LogP contribution in [0.25, 0.3) is 0 Å². The molecule has 0 aromatic carbocycles. The molecule has 2 aliphatic rings. The number of methoxy groups -OCH3 is 1. The lowest BCUT2D eigenvalue weighted by Gasteiger charge is -2.46. The lowest BCUT2D eigenvalue weighted by Crippen LogP contribution is -2.53. The van der Waals surface area contributed by atoms with Gasteiger partial charge in [0.1, 0.15) is 0 Å². The SMILES string of the molecule is COCC(O)(C(C)C)C1CCOC2(CCSC2)C1. The molecule has 106 valence electrons. The van der Waals surface area contributed by atoms with E-state index in [0.29, 0.717) is 12.5 Å². The Hall–Kier alpha value is 0.230. The van der Waals surface area contributed by atoms with E-state index in [4.69, 9.17) is 9.47 Å². The van der Waals surface area contributed by atoms with Gasteiger partial charge in [0.05, 0.1) is 17.8 Å². The van der Waals surface area contributed by atoms with Crippen molar-refractivity contribution in [3.63, 3.8) is 0 Å². The van der Waals surface area contributed by atoms with E-state index < -0.39 is 5.60 Å². The standard InChI is InChI=1S/C14H26O3S/c1-11(2)14(15,9-16-3)12-4-6-17-13(8-12)5-7-18-10-13/h11-12,15H,4-10H2,1-3H3. The summed E-state index contributed by atoms with van der Waals surface area (Å²) >= 11 is 1.98. The van der Waals surface area contributed by atoms with E-state index in [1.165, 1.54) is 5.75 Å². The average Bonchev–Trinajstić information content (AvgIpc) is 2.77. The van der Waals surface area contributed by atoms with Crippen molar-refractivity contribution in [2.45, 2.75) is 44.3 Å². The Balaban J connectivity index is 2.10. The molecule has 2 rings (SSSR count). The fourth-order valence-corrected chi connectivity index (χ4v) is 4.68. The van der Waals surface area contributed by atoms with E-state index in [9.17, 15) is 5.11 Å². The molecule has 2 heterocycles. The normalized spacial score (nSPS) is 36.2. The van der Waals surface area contributed by atoms with Crippen molar-refractivity contribution in [2.75, 3.05) is 31.8 Å². The lowest BCUT2D eigenvalue weighted by molar-refractivity contribution is -0.165. The minimum atomic E-state index is -0.710. The van der Waals surface area contributed by atoms with Gasteiger partial charge in [0, 0.05) is 19.5 Å². The zero-order valence-electron chi connectivity index (χ0n) is 11.8. The molecule has 0 aromatic heterocycles. The molecule has 0 bridgehead atoms. The molecule has 3 unspecified atom stereocenters. The van der Waals surface area contributed by atoms with E-state index in [1.54, 1.807) is 7.11 Å². The molecular formula is C14H26O3S. The van der Waals surface area contributed by atoms with Crippen LogP contribution in [0.2, 0.25) is 0 Å². The molecule has 2 aliphatic heterocycles. The zero-order chi connectivity index (χ0) is 13.2. The Morgan fingerprint density at radius 1 is 1.56 bits per heavy atom. The van der Waals surface area contributed by atoms with Gasteiger partial charge in [-0.05, 0) is 36.9 Å². The number of ether oxygens (including phenoxy) is 2. The van der Waals surface area contributed by atoms with Crippen LogP contribution >= 0.6 is 11.8 Å². The lowest BCUT2D eigenvalue weighted by atomic mass is 9.71. The molecule has 0 saturated carbocycles. The van der Waals surface area contributed by atoms with Crippen LogP contribution < -0.4 is 0 Å². The van der Waals surface area contributed by atoms with Gasteiger partial charge in [0.15, 0.2) is 0 Å². The molecule has 2 fully saturated rings. The number of rotatable bonds is 4. The minimum Gasteiger partial charge on any atom is -0.387 e. The van der Waals surface area contributed by atoms with Crippen molar-refractivity contribution in [1.29, 1.82) is 0 Å². The van der Waals surface area contributed by atoms with Gasteiger partial charge in [-0.25, -0.2) is 0 Å². The highest BCUT2D eigenvalue weighted by Crippen LogP contribution is 2.45. The number of hydrogen-bond donors (Lipinski definition) is 1. The maximum Gasteiger partial charge on any atom is 0.0932 e. The van der Waals surface area contributed by atoms with E-state index in [2.05, 4.69) is 13.8 Å². The Kier molecular flexibility index (Phi) is 4.63. The summed E-state index contributed by atoms with van der Waals surface area (Å²) < 4.78 is 11.3. The third kappa shape index (κ3) is 2.72. The number of hydrogen-bond acceptors (Lipinski definition) is 4. The molecule has 3 nitrogen and oxygen atoms in total. The van der Waals surface area contributed by atoms with Crippen LogP contribution in [0.15, 0.2) is 0 Å². The van der Waals surface area contributed by atoms with Crippen LogP contribution in [0.1, 0.15) is 33.1 Å². The van der Waals surface area contributed by atoms with Crippen LogP contribution in [0, 0.1) is 11.8 Å². The smallest absolute Gasteiger partial charge is 0.0932 e. The fourth-order valence-electron chi connectivity index (χ4n) is 3.30. The summed E-state index contributed by atoms with van der Waals surface area (Å²) in [5.74, 6) is 2.79. The van der Waals surface area contributed by atoms with Crippen molar-refractivity contribution < 1.29 is 14.6 Å². The number of aliphatic hydroxyl groups is 1. The molecule has 0 radical (unpaired) electrons. The third-order valence-electron chi connectivity index (χ3n) is 4.64. The van der Waals surface area contributed by atoms with Gasteiger partial charge in [-0.2, -0.15) is 11.8 Å². The molecule has 1 N–H and O–H groups in total. The fraction of sp³-hybridized carbons (Fsp3) is 1.00. The Morgan fingerprint density at radius 3 is 2.89 bits per heavy atom. The summed E-state index contributed by atoms with van der Waals surface area (Å²) in [6.07, 6.45) is 3.07. The zero-order valence-corrected chi connectivity index (χ0v) is 12.6. The maximum absolute atomic E-state index is 11.0. The largest absolute Gasteiger partial charge is 0.387 e. The van der Waals surface area contributed by atoms with Crippen molar-refractivity contribution in [3.05, 3.63) is 0 Å². The highest BCUT2D eigenvalue weighted by atomic mass is 32.2. The monoisotopic (exact) mass is 274 g/mol. The van der Waals surface area contributed by atoms with Gasteiger partial charge >= 0.3 is 0 Å². The first-order valence-electron chi connectivity index (χ1n) is 6.95. The van der Waals surface area contributed by atoms with Crippen LogP contribution in [0.4, 0.5) is 0 Å². The van der Waals surface area contributed by atoms with Crippen LogP contribution in [-0.2, 0) is 9.47 Å². The second-order valence-electron chi connectivity index (χ2n) is 6.10. The van der Waals surface area contributed by atoms with Crippen LogP contribution in [0.3, 0.4) is 0 Å². The van der Waals surface area contributed by atoms with Gasteiger partial charge in [-0.15, -0.1) is 0 Å². The summed E-state index contributed by atoms with van der Waals surface area (Å²) in [5, 5.41) is 11.0. The molecule has 0 aromatic rings. The number of thioether (sulfide) groups is 1. The molecule has 0 aliphatic carbocycles. The first kappa shape index (κ1) is 14.6. The molecule has 4 heteroatoms. The summed E-state index contributed by atoms with van der Waals surface area (Å²) in [6, 6.07) is 0. The van der Waals surface area contributed by atoms with Gasteiger partial charge in [0.2, 0.25) is 0 Å². The van der Waals surface area contributed by atoms with E-state index in [0.717, 1.165) is 31.6 Å². The first-order chi connectivity index (χ1) is 8.52. The molecule has 0 amide bonds. The molecular weight excluding hydrogens is 248 g/mol. The third-order valence-corrected chi connectivity index (χ3v) is 5.87. The predicted molar refractivity (Wildman–Crippen MR) is 75.0 cm³/mol. The summed E-state index contributed by atoms with van der Waals surface area (Å²) in [5.41, 5.74) is -0.678. The maximum atomic E-state index is 11.0. The van der Waals surface area contributed by atoms with E-state index >= 15 is 0 Å². The minimum absolute atomic E-state index is 0.0319.